The molecule has 0 aliphatic heterocycles. The third kappa shape index (κ3) is 9.79. The molecule has 0 nitrogen and oxygen atoms in total. The van der Waals surface area contributed by atoms with Crippen molar-refractivity contribution >= 4 is 16.2 Å². The second kappa shape index (κ2) is 13.3. The van der Waals surface area contributed by atoms with Crippen LogP contribution in [0.25, 0.3) is 10.8 Å². The van der Waals surface area contributed by atoms with Gasteiger partial charge in [0.2, 0.25) is 0 Å². The van der Waals surface area contributed by atoms with Crippen molar-refractivity contribution in [3.05, 3.63) is 71.8 Å². The summed E-state index contributed by atoms with van der Waals surface area (Å²) in [5.74, 6) is 0. The molecule has 0 atom stereocenters. The van der Waals surface area contributed by atoms with E-state index in [-0.39, 0.29) is 30.2 Å². The standard InChI is InChI=1S/C9H7.C7H9.C2H6Si.2ClH.Zr/c1-2-5-9-7-3-6-8(9)4-1;1-6-4-3-5-7(6)2;1-3-2;;;/h1-7H;3-5H,1-2H3;1-2H3;2*1H;/q2*-1;;;;+2/p-2. The first-order valence-electron chi connectivity index (χ1n) is 6.82. The zero-order chi connectivity index (χ0) is 15.0. The molecule has 0 saturated heterocycles. The minimum absolute atomic E-state index is 0. The maximum Gasteiger partial charge on any atom is -0.0632 e. The first-order chi connectivity index (χ1) is 9.50. The molecule has 4 heteroatoms. The fraction of sp³-hybridized carbons (Fsp3) is 0.222. The van der Waals surface area contributed by atoms with Crippen molar-refractivity contribution in [3.63, 3.8) is 0 Å². The van der Waals surface area contributed by atoms with Gasteiger partial charge in [-0.25, -0.2) is 12.1 Å². The van der Waals surface area contributed by atoms with Crippen LogP contribution in [0.1, 0.15) is 11.1 Å². The van der Waals surface area contributed by atoms with E-state index in [1.807, 2.05) is 0 Å². The maximum atomic E-state index is 2.31. The molecule has 3 aromatic rings. The molecule has 0 spiro atoms. The molecule has 0 amide bonds. The average Bonchev–Trinajstić information content (AvgIpc) is 2.99. The van der Waals surface area contributed by atoms with E-state index in [2.05, 4.69) is 87.6 Å². The fourth-order valence-corrected chi connectivity index (χ4v) is 1.67. The summed E-state index contributed by atoms with van der Waals surface area (Å²) < 4.78 is 0. The van der Waals surface area contributed by atoms with Gasteiger partial charge in [-0.2, -0.15) is 34.7 Å². The summed E-state index contributed by atoms with van der Waals surface area (Å²) in [5.41, 5.74) is 2.99. The number of hydrogen-bond acceptors (Lipinski definition) is 0. The Morgan fingerprint density at radius 2 is 1.59 bits per heavy atom. The Kier molecular flexibility index (Phi) is 14.6. The second-order valence-corrected chi connectivity index (χ2v) is 14.4. The Morgan fingerprint density at radius 3 is 2.00 bits per heavy atom. The van der Waals surface area contributed by atoms with Crippen LogP contribution in [0.15, 0.2) is 60.7 Å². The Bertz CT molecular complexity index is 605. The molecule has 0 bridgehead atoms. The summed E-state index contributed by atoms with van der Waals surface area (Å²) in [4.78, 5) is 0. The van der Waals surface area contributed by atoms with Gasteiger partial charge in [0.1, 0.15) is 0 Å². The summed E-state index contributed by atoms with van der Waals surface area (Å²) in [5, 5.41) is 2.66. The normalized spacial score (nSPS) is 8.45. The Hall–Kier alpha value is -0.140. The number of rotatable bonds is 0. The van der Waals surface area contributed by atoms with Crippen molar-refractivity contribution in [2.75, 3.05) is 0 Å². The van der Waals surface area contributed by atoms with Crippen LogP contribution < -0.4 is 24.8 Å². The third-order valence-corrected chi connectivity index (χ3v) is 2.86. The topological polar surface area (TPSA) is 0 Å². The molecule has 0 radical (unpaired) electrons. The predicted molar refractivity (Wildman–Crippen MR) is 88.5 cm³/mol. The second-order valence-electron chi connectivity index (χ2n) is 5.05. The van der Waals surface area contributed by atoms with Crippen LogP contribution >= 0.6 is 0 Å². The van der Waals surface area contributed by atoms with Gasteiger partial charge in [0.15, 0.2) is 0 Å². The van der Waals surface area contributed by atoms with E-state index in [0.29, 0.717) is 0 Å². The summed E-state index contributed by atoms with van der Waals surface area (Å²) >= 11 is 1.74. The molecule has 0 aliphatic rings. The molecule has 0 saturated carbocycles. The van der Waals surface area contributed by atoms with Gasteiger partial charge >= 0.3 is 41.9 Å². The van der Waals surface area contributed by atoms with E-state index in [9.17, 15) is 0 Å². The predicted octanol–water partition coefficient (Wildman–Crippen LogP) is -0.627. The van der Waals surface area contributed by atoms with Crippen LogP contribution in [0.2, 0.25) is 13.1 Å². The van der Waals surface area contributed by atoms with Crippen molar-refractivity contribution in [3.8, 4) is 0 Å². The van der Waals surface area contributed by atoms with Crippen LogP contribution in [-0.2, 0) is 23.3 Å². The van der Waals surface area contributed by atoms with E-state index in [1.54, 1.807) is 23.3 Å². The van der Waals surface area contributed by atoms with Crippen LogP contribution in [0.4, 0.5) is 0 Å². The van der Waals surface area contributed by atoms with Crippen molar-refractivity contribution in [1.82, 2.24) is 0 Å². The van der Waals surface area contributed by atoms with E-state index in [0.717, 1.165) is 0 Å². The van der Waals surface area contributed by atoms with Crippen LogP contribution in [0.5, 0.6) is 0 Å². The van der Waals surface area contributed by atoms with Crippen LogP contribution in [0, 0.1) is 13.8 Å². The molecule has 0 fully saturated rings. The molecular formula is C18H22Cl2SiZr-2. The van der Waals surface area contributed by atoms with Crippen molar-refractivity contribution < 1.29 is 48.1 Å². The first kappa shape index (κ1) is 24.1. The Labute approximate surface area is 162 Å². The smallest absolute Gasteiger partial charge is 0.0632 e. The van der Waals surface area contributed by atoms with Gasteiger partial charge in [0.05, 0.1) is 0 Å². The summed E-state index contributed by atoms with van der Waals surface area (Å²) in [6.07, 6.45) is 0. The number of fused-ring (bicyclic) bond motifs is 1. The van der Waals surface area contributed by atoms with Crippen LogP contribution in [0.3, 0.4) is 0 Å². The zero-order valence-electron chi connectivity index (χ0n) is 13.5. The van der Waals surface area contributed by atoms with Gasteiger partial charge in [-0.1, -0.05) is 19.9 Å². The molecule has 0 unspecified atom stereocenters. The minimum Gasteiger partial charge on any atom is -1.00 e. The molecule has 0 aliphatic carbocycles. The van der Waals surface area contributed by atoms with Gasteiger partial charge in [-0.15, -0.1) is 29.7 Å². The summed E-state index contributed by atoms with van der Waals surface area (Å²) in [7, 11) is 0. The van der Waals surface area contributed by atoms with Gasteiger partial charge in [0.25, 0.3) is 0 Å². The minimum atomic E-state index is 0. The number of benzene rings is 1. The van der Waals surface area contributed by atoms with Gasteiger partial charge in [-0.05, 0) is 0 Å². The van der Waals surface area contributed by atoms with E-state index in [4.69, 9.17) is 0 Å². The van der Waals surface area contributed by atoms with E-state index < -0.39 is 0 Å². The Morgan fingerprint density at radius 1 is 1.00 bits per heavy atom. The first-order valence-corrected chi connectivity index (χ1v) is 13.0. The molecule has 3 rings (SSSR count). The van der Waals surface area contributed by atoms with Gasteiger partial charge in [0, 0.05) is 0 Å². The molecule has 118 valence electrons. The zero-order valence-corrected chi connectivity index (χ0v) is 18.5. The van der Waals surface area contributed by atoms with Gasteiger partial charge < -0.3 is 24.8 Å². The SMILES string of the molecule is C[Si](C)=[Zr+2].Cc1ccc[c-]1C.[Cl-].[Cl-].c1ccc2[cH-]ccc2c1. The van der Waals surface area contributed by atoms with Crippen molar-refractivity contribution in [2.24, 2.45) is 0 Å². The van der Waals surface area contributed by atoms with E-state index in [1.165, 1.54) is 21.9 Å². The molecule has 3 aromatic carbocycles. The number of halogens is 2. The maximum absolute atomic E-state index is 2.31. The molecule has 0 heterocycles. The quantitative estimate of drug-likeness (QED) is 0.331. The number of aryl methyl sites for hydroxylation is 2. The largest absolute Gasteiger partial charge is 1.00 e. The average molecular weight is 429 g/mol. The molecule has 0 aromatic heterocycles. The van der Waals surface area contributed by atoms with E-state index >= 15 is 0 Å². The van der Waals surface area contributed by atoms with Crippen molar-refractivity contribution in [2.45, 2.75) is 26.9 Å². The van der Waals surface area contributed by atoms with Crippen molar-refractivity contribution in [1.29, 1.82) is 0 Å². The Balaban J connectivity index is 0. The number of hydrogen-bond donors (Lipinski definition) is 0. The molecule has 0 N–H and O–H groups in total. The molecular weight excluding hydrogens is 406 g/mol. The van der Waals surface area contributed by atoms with Gasteiger partial charge in [-0.3, -0.25) is 0 Å². The third-order valence-electron chi connectivity index (χ3n) is 2.86. The summed E-state index contributed by atoms with van der Waals surface area (Å²) in [6.45, 7) is 8.86. The van der Waals surface area contributed by atoms with Crippen LogP contribution in [-0.4, -0.2) is 5.43 Å². The monoisotopic (exact) mass is 426 g/mol. The summed E-state index contributed by atoms with van der Waals surface area (Å²) in [6, 6.07) is 21.0. The molecule has 22 heavy (non-hydrogen) atoms. The fourth-order valence-electron chi connectivity index (χ4n) is 1.67.